The molecule has 3 rings (SSSR count). The summed E-state index contributed by atoms with van der Waals surface area (Å²) >= 11 is 1.57. The number of carbonyl (C=O) groups is 1. The summed E-state index contributed by atoms with van der Waals surface area (Å²) in [5, 5.41) is 11.8. The van der Waals surface area contributed by atoms with E-state index in [1.807, 2.05) is 22.2 Å². The highest BCUT2D eigenvalue weighted by Crippen LogP contribution is 2.22. The third-order valence-electron chi connectivity index (χ3n) is 3.12. The first-order chi connectivity index (χ1) is 10.7. The van der Waals surface area contributed by atoms with Crippen molar-refractivity contribution in [2.75, 3.05) is 0 Å². The fraction of sp³-hybridized carbons (Fsp3) is 0.0625. The number of thiazole rings is 1. The Bertz CT molecular complexity index is 775. The molecule has 0 aliphatic heterocycles. The topological polar surface area (TPSA) is 68.0 Å². The minimum atomic E-state index is -0.922. The lowest BCUT2D eigenvalue weighted by Crippen LogP contribution is -1.98. The van der Waals surface area contributed by atoms with E-state index in [-0.39, 0.29) is 5.56 Å². The highest BCUT2D eigenvalue weighted by molar-refractivity contribution is 7.10. The molecule has 0 amide bonds. The second-order valence-electron chi connectivity index (χ2n) is 4.67. The van der Waals surface area contributed by atoms with Gasteiger partial charge >= 0.3 is 5.97 Å². The van der Waals surface area contributed by atoms with E-state index in [1.165, 1.54) is 0 Å². The molecule has 0 atom stereocenters. The van der Waals surface area contributed by atoms with Crippen LogP contribution in [0.3, 0.4) is 0 Å². The number of aromatic nitrogens is 3. The zero-order valence-corrected chi connectivity index (χ0v) is 12.4. The molecule has 1 N–H and O–H groups in total. The highest BCUT2D eigenvalue weighted by atomic mass is 32.1. The number of hydrogen-bond acceptors (Lipinski definition) is 4. The van der Waals surface area contributed by atoms with Crippen LogP contribution in [0, 0.1) is 0 Å². The Morgan fingerprint density at radius 1 is 1.27 bits per heavy atom. The number of imidazole rings is 1. The quantitative estimate of drug-likeness (QED) is 0.785. The molecule has 0 spiro atoms. The molecule has 22 heavy (non-hydrogen) atoms. The molecule has 0 aliphatic carbocycles. The van der Waals surface area contributed by atoms with Gasteiger partial charge in [-0.1, -0.05) is 12.1 Å². The largest absolute Gasteiger partial charge is 0.478 e. The molecule has 5 nitrogen and oxygen atoms in total. The molecule has 3 aromatic rings. The van der Waals surface area contributed by atoms with E-state index < -0.39 is 5.97 Å². The first kappa shape index (κ1) is 14.2. The van der Waals surface area contributed by atoms with E-state index in [1.54, 1.807) is 54.3 Å². The minimum absolute atomic E-state index is 0.280. The normalized spacial score (nSPS) is 11.5. The molecule has 0 bridgehead atoms. The molecule has 0 saturated heterocycles. The Morgan fingerprint density at radius 2 is 2.09 bits per heavy atom. The van der Waals surface area contributed by atoms with Gasteiger partial charge in [-0.3, -0.25) is 0 Å². The molecule has 2 heterocycles. The van der Waals surface area contributed by atoms with E-state index in [4.69, 9.17) is 5.11 Å². The number of rotatable bonds is 5. The van der Waals surface area contributed by atoms with Gasteiger partial charge in [0.2, 0.25) is 0 Å². The van der Waals surface area contributed by atoms with Crippen LogP contribution >= 0.6 is 11.3 Å². The summed E-state index contributed by atoms with van der Waals surface area (Å²) in [6, 6.07) is 6.80. The Labute approximate surface area is 131 Å². The molecule has 110 valence electrons. The third kappa shape index (κ3) is 3.29. The van der Waals surface area contributed by atoms with E-state index in [0.29, 0.717) is 6.54 Å². The molecule has 0 fully saturated rings. The van der Waals surface area contributed by atoms with Crippen LogP contribution in [0.2, 0.25) is 0 Å². The van der Waals surface area contributed by atoms with Crippen molar-refractivity contribution in [2.45, 2.75) is 6.54 Å². The van der Waals surface area contributed by atoms with Gasteiger partial charge in [0, 0.05) is 29.5 Å². The van der Waals surface area contributed by atoms with E-state index in [0.717, 1.165) is 16.1 Å². The second-order valence-corrected chi connectivity index (χ2v) is 5.56. The molecule has 1 aromatic carbocycles. The lowest BCUT2D eigenvalue weighted by molar-refractivity contribution is 0.0697. The number of carboxylic acids is 1. The minimum Gasteiger partial charge on any atom is -0.478 e. The number of hydrogen-bond donors (Lipinski definition) is 1. The summed E-state index contributed by atoms with van der Waals surface area (Å²) in [6.07, 6.45) is 9.19. The first-order valence-electron chi connectivity index (χ1n) is 6.62. The van der Waals surface area contributed by atoms with E-state index >= 15 is 0 Å². The lowest BCUT2D eigenvalue weighted by Gasteiger charge is -2.06. The van der Waals surface area contributed by atoms with Crippen LogP contribution in [0.5, 0.6) is 0 Å². The Kier molecular flexibility index (Phi) is 4.11. The average Bonchev–Trinajstić information content (AvgIpc) is 3.20. The van der Waals surface area contributed by atoms with Crippen LogP contribution in [0.25, 0.3) is 11.6 Å². The molecule has 0 saturated carbocycles. The number of benzene rings is 1. The van der Waals surface area contributed by atoms with Gasteiger partial charge in [-0.05, 0) is 23.8 Å². The van der Waals surface area contributed by atoms with Gasteiger partial charge < -0.3 is 9.67 Å². The van der Waals surface area contributed by atoms with Crippen LogP contribution < -0.4 is 0 Å². The summed E-state index contributed by atoms with van der Waals surface area (Å²) in [6.45, 7) is 0.661. The van der Waals surface area contributed by atoms with Crippen molar-refractivity contribution in [3.63, 3.8) is 0 Å². The van der Waals surface area contributed by atoms with Gasteiger partial charge in [-0.25, -0.2) is 14.8 Å². The zero-order valence-electron chi connectivity index (χ0n) is 11.6. The molecule has 0 radical (unpaired) electrons. The van der Waals surface area contributed by atoms with E-state index in [9.17, 15) is 4.79 Å². The predicted molar refractivity (Wildman–Crippen MR) is 85.6 cm³/mol. The summed E-state index contributed by atoms with van der Waals surface area (Å²) < 4.78 is 1.97. The number of allylic oxidation sites excluding steroid dienone is 1. The monoisotopic (exact) mass is 311 g/mol. The van der Waals surface area contributed by atoms with Crippen LogP contribution in [-0.2, 0) is 6.54 Å². The summed E-state index contributed by atoms with van der Waals surface area (Å²) in [4.78, 5) is 19.3. The van der Waals surface area contributed by atoms with Crippen LogP contribution in [0.15, 0.2) is 54.6 Å². The fourth-order valence-corrected chi connectivity index (χ4v) is 2.70. The maximum absolute atomic E-state index is 10.9. The highest BCUT2D eigenvalue weighted by Gasteiger charge is 2.07. The van der Waals surface area contributed by atoms with Crippen molar-refractivity contribution >= 4 is 29.0 Å². The van der Waals surface area contributed by atoms with Crippen molar-refractivity contribution in [1.29, 1.82) is 0 Å². The van der Waals surface area contributed by atoms with Gasteiger partial charge in [-0.15, -0.1) is 11.3 Å². The van der Waals surface area contributed by atoms with Crippen molar-refractivity contribution in [1.82, 2.24) is 14.5 Å². The maximum Gasteiger partial charge on any atom is 0.335 e. The molecule has 6 heteroatoms. The van der Waals surface area contributed by atoms with Crippen molar-refractivity contribution < 1.29 is 9.90 Å². The van der Waals surface area contributed by atoms with E-state index in [2.05, 4.69) is 9.97 Å². The number of nitrogens with zero attached hydrogens (tertiary/aromatic N) is 3. The summed E-state index contributed by atoms with van der Waals surface area (Å²) in [5.74, 6) is -0.922. The Hall–Kier alpha value is -2.73. The van der Waals surface area contributed by atoms with Crippen molar-refractivity contribution in [2.24, 2.45) is 0 Å². The first-order valence-corrected chi connectivity index (χ1v) is 7.50. The maximum atomic E-state index is 10.9. The Balaban J connectivity index is 1.92. The zero-order chi connectivity index (χ0) is 15.4. The molecule has 0 aliphatic rings. The van der Waals surface area contributed by atoms with Crippen molar-refractivity contribution in [3.8, 4) is 0 Å². The SMILES string of the molecule is O=C(O)c1ccc(C=C(Cn2ccnc2)c2nccs2)cc1. The number of aromatic carboxylic acids is 1. The van der Waals surface area contributed by atoms with Gasteiger partial charge in [0.05, 0.1) is 18.4 Å². The van der Waals surface area contributed by atoms with Crippen LogP contribution in [0.4, 0.5) is 0 Å². The second kappa shape index (κ2) is 6.36. The standard InChI is InChI=1S/C16H13N3O2S/c20-16(21)13-3-1-12(2-4-13)9-14(15-18-6-8-22-15)10-19-7-5-17-11-19/h1-9,11H,10H2,(H,20,21). The van der Waals surface area contributed by atoms with Gasteiger partial charge in [0.25, 0.3) is 0 Å². The molecule has 2 aromatic heterocycles. The van der Waals surface area contributed by atoms with Crippen molar-refractivity contribution in [3.05, 3.63) is 70.7 Å². The summed E-state index contributed by atoms with van der Waals surface area (Å²) in [7, 11) is 0. The summed E-state index contributed by atoms with van der Waals surface area (Å²) in [5.41, 5.74) is 2.27. The Morgan fingerprint density at radius 3 is 2.68 bits per heavy atom. The molecular weight excluding hydrogens is 298 g/mol. The van der Waals surface area contributed by atoms with Gasteiger partial charge in [-0.2, -0.15) is 0 Å². The third-order valence-corrected chi connectivity index (χ3v) is 3.97. The fourth-order valence-electron chi connectivity index (χ4n) is 2.06. The van der Waals surface area contributed by atoms with Crippen LogP contribution in [0.1, 0.15) is 20.9 Å². The predicted octanol–water partition coefficient (Wildman–Crippen LogP) is 3.28. The average molecular weight is 311 g/mol. The smallest absolute Gasteiger partial charge is 0.335 e. The molecular formula is C16H13N3O2S. The lowest BCUT2D eigenvalue weighted by atomic mass is 10.1. The van der Waals surface area contributed by atoms with Gasteiger partial charge in [0.15, 0.2) is 0 Å². The van der Waals surface area contributed by atoms with Crippen LogP contribution in [-0.4, -0.2) is 25.6 Å². The van der Waals surface area contributed by atoms with Gasteiger partial charge in [0.1, 0.15) is 5.01 Å². The molecule has 0 unspecified atom stereocenters. The number of carboxylic acid groups (broad SMARTS) is 1.